The fraction of sp³-hybridized carbons (Fsp3) is 0.667. The molecule has 1 aromatic heterocycles. The quantitative estimate of drug-likeness (QED) is 0.890. The first kappa shape index (κ1) is 13.3. The van der Waals surface area contributed by atoms with Crippen LogP contribution in [0.1, 0.15) is 31.5 Å². The van der Waals surface area contributed by atoms with Crippen molar-refractivity contribution < 1.29 is 0 Å². The Bertz CT molecular complexity index is 403. The van der Waals surface area contributed by atoms with Gasteiger partial charge in [0.25, 0.3) is 0 Å². The van der Waals surface area contributed by atoms with Crippen LogP contribution in [0.5, 0.6) is 0 Å². The molecule has 0 saturated carbocycles. The lowest BCUT2D eigenvalue weighted by Crippen LogP contribution is -2.39. The molecule has 1 aromatic rings. The Kier molecular flexibility index (Phi) is 4.23. The number of rotatable bonds is 3. The average Bonchev–Trinajstić information content (AvgIpc) is 2.35. The fourth-order valence-electron chi connectivity index (χ4n) is 2.68. The first-order chi connectivity index (χ1) is 8.61. The summed E-state index contributed by atoms with van der Waals surface area (Å²) in [5.74, 6) is 1.62. The van der Waals surface area contributed by atoms with Gasteiger partial charge < -0.3 is 10.2 Å². The van der Waals surface area contributed by atoms with Gasteiger partial charge in [0.1, 0.15) is 0 Å². The molecule has 0 amide bonds. The van der Waals surface area contributed by atoms with Crippen molar-refractivity contribution in [2.24, 2.45) is 11.8 Å². The van der Waals surface area contributed by atoms with E-state index < -0.39 is 0 Å². The summed E-state index contributed by atoms with van der Waals surface area (Å²) in [6.45, 7) is 10.0. The van der Waals surface area contributed by atoms with Gasteiger partial charge in [-0.3, -0.25) is 4.98 Å². The maximum absolute atomic E-state index is 4.42. The summed E-state index contributed by atoms with van der Waals surface area (Å²) in [6.07, 6.45) is 3.31. The van der Waals surface area contributed by atoms with Crippen LogP contribution in [0.3, 0.4) is 0 Å². The van der Waals surface area contributed by atoms with E-state index in [0.29, 0.717) is 0 Å². The predicted molar refractivity (Wildman–Crippen MR) is 76.9 cm³/mol. The minimum atomic E-state index is 0.773. The Balaban J connectivity index is 2.23. The maximum Gasteiger partial charge on any atom is 0.0445 e. The van der Waals surface area contributed by atoms with Crippen LogP contribution in [-0.4, -0.2) is 25.1 Å². The Morgan fingerprint density at radius 2 is 2.17 bits per heavy atom. The highest BCUT2D eigenvalue weighted by Crippen LogP contribution is 2.29. The third-order valence-corrected chi connectivity index (χ3v) is 4.14. The largest absolute Gasteiger partial charge is 0.371 e. The van der Waals surface area contributed by atoms with Crippen molar-refractivity contribution in [3.63, 3.8) is 0 Å². The molecule has 2 rings (SSSR count). The van der Waals surface area contributed by atoms with Gasteiger partial charge in [0.2, 0.25) is 0 Å². The number of hydrogen-bond donors (Lipinski definition) is 1. The standard InChI is InChI=1S/C15H25N3/c1-11-5-6-18(10-12(11)2)15-7-13(3)17-9-14(15)8-16-4/h7,9,11-12,16H,5-6,8,10H2,1-4H3. The van der Waals surface area contributed by atoms with Gasteiger partial charge in [-0.25, -0.2) is 0 Å². The number of piperidine rings is 1. The first-order valence-electron chi connectivity index (χ1n) is 6.97. The van der Waals surface area contributed by atoms with Gasteiger partial charge in [0.05, 0.1) is 0 Å². The van der Waals surface area contributed by atoms with Crippen molar-refractivity contribution in [3.8, 4) is 0 Å². The fourth-order valence-corrected chi connectivity index (χ4v) is 2.68. The normalized spacial score (nSPS) is 24.3. The number of aryl methyl sites for hydroxylation is 1. The number of anilines is 1. The average molecular weight is 247 g/mol. The van der Waals surface area contributed by atoms with E-state index in [2.05, 4.69) is 42.0 Å². The van der Waals surface area contributed by atoms with Gasteiger partial charge in [0, 0.05) is 42.8 Å². The lowest BCUT2D eigenvalue weighted by Gasteiger charge is -2.37. The Morgan fingerprint density at radius 1 is 1.39 bits per heavy atom. The number of pyridine rings is 1. The van der Waals surface area contributed by atoms with E-state index in [9.17, 15) is 0 Å². The third kappa shape index (κ3) is 2.83. The molecular weight excluding hydrogens is 222 g/mol. The zero-order valence-corrected chi connectivity index (χ0v) is 12.0. The molecule has 18 heavy (non-hydrogen) atoms. The topological polar surface area (TPSA) is 28.2 Å². The van der Waals surface area contributed by atoms with Crippen LogP contribution in [0.2, 0.25) is 0 Å². The smallest absolute Gasteiger partial charge is 0.0445 e. The minimum absolute atomic E-state index is 0.773. The summed E-state index contributed by atoms with van der Waals surface area (Å²) in [5.41, 5.74) is 3.79. The molecule has 0 aromatic carbocycles. The van der Waals surface area contributed by atoms with Crippen LogP contribution in [0, 0.1) is 18.8 Å². The van der Waals surface area contributed by atoms with Crippen LogP contribution < -0.4 is 10.2 Å². The van der Waals surface area contributed by atoms with E-state index in [1.54, 1.807) is 0 Å². The minimum Gasteiger partial charge on any atom is -0.371 e. The molecule has 3 heteroatoms. The van der Waals surface area contributed by atoms with Crippen LogP contribution in [0.15, 0.2) is 12.3 Å². The number of nitrogens with one attached hydrogen (secondary N) is 1. The zero-order valence-electron chi connectivity index (χ0n) is 12.0. The van der Waals surface area contributed by atoms with Crippen LogP contribution >= 0.6 is 0 Å². The summed E-state index contributed by atoms with van der Waals surface area (Å²) in [4.78, 5) is 6.95. The number of nitrogens with zero attached hydrogens (tertiary/aromatic N) is 2. The van der Waals surface area contributed by atoms with Crippen LogP contribution in [0.25, 0.3) is 0 Å². The molecule has 1 aliphatic heterocycles. The molecule has 2 atom stereocenters. The second-order valence-electron chi connectivity index (χ2n) is 5.67. The lowest BCUT2D eigenvalue weighted by atomic mass is 9.88. The number of aromatic nitrogens is 1. The molecule has 1 saturated heterocycles. The maximum atomic E-state index is 4.42. The van der Waals surface area contributed by atoms with E-state index in [-0.39, 0.29) is 0 Å². The zero-order chi connectivity index (χ0) is 13.1. The molecule has 0 bridgehead atoms. The summed E-state index contributed by atoms with van der Waals surface area (Å²) in [5, 5.41) is 3.24. The summed E-state index contributed by atoms with van der Waals surface area (Å²) >= 11 is 0. The highest BCUT2D eigenvalue weighted by molar-refractivity contribution is 5.54. The molecular formula is C15H25N3. The molecule has 100 valence electrons. The molecule has 0 aliphatic carbocycles. The monoisotopic (exact) mass is 247 g/mol. The van der Waals surface area contributed by atoms with E-state index in [4.69, 9.17) is 0 Å². The molecule has 2 heterocycles. The van der Waals surface area contributed by atoms with Gasteiger partial charge in [-0.1, -0.05) is 13.8 Å². The summed E-state index contributed by atoms with van der Waals surface area (Å²) < 4.78 is 0. The lowest BCUT2D eigenvalue weighted by molar-refractivity contribution is 0.323. The first-order valence-corrected chi connectivity index (χ1v) is 6.97. The molecule has 1 N–H and O–H groups in total. The van der Waals surface area contributed by atoms with Crippen molar-refractivity contribution in [1.29, 1.82) is 0 Å². The predicted octanol–water partition coefficient (Wildman–Crippen LogP) is 2.59. The SMILES string of the molecule is CNCc1cnc(C)cc1N1CCC(C)C(C)C1. The van der Waals surface area contributed by atoms with Gasteiger partial charge >= 0.3 is 0 Å². The second-order valence-corrected chi connectivity index (χ2v) is 5.67. The highest BCUT2D eigenvalue weighted by atomic mass is 15.1. The van der Waals surface area contributed by atoms with Gasteiger partial charge in [-0.15, -0.1) is 0 Å². The van der Waals surface area contributed by atoms with Crippen molar-refractivity contribution in [2.75, 3.05) is 25.0 Å². The van der Waals surface area contributed by atoms with E-state index in [1.807, 2.05) is 13.2 Å². The summed E-state index contributed by atoms with van der Waals surface area (Å²) in [7, 11) is 1.99. The number of hydrogen-bond acceptors (Lipinski definition) is 3. The molecule has 0 spiro atoms. The molecule has 1 aliphatic rings. The summed E-state index contributed by atoms with van der Waals surface area (Å²) in [6, 6.07) is 2.23. The second kappa shape index (κ2) is 5.70. The van der Waals surface area contributed by atoms with E-state index in [1.165, 1.54) is 30.8 Å². The van der Waals surface area contributed by atoms with Gasteiger partial charge in [-0.05, 0) is 38.3 Å². The Hall–Kier alpha value is -1.09. The van der Waals surface area contributed by atoms with Crippen molar-refractivity contribution in [1.82, 2.24) is 10.3 Å². The van der Waals surface area contributed by atoms with Gasteiger partial charge in [0.15, 0.2) is 0 Å². The molecule has 3 nitrogen and oxygen atoms in total. The van der Waals surface area contributed by atoms with Crippen LogP contribution in [0.4, 0.5) is 5.69 Å². The van der Waals surface area contributed by atoms with E-state index >= 15 is 0 Å². The third-order valence-electron chi connectivity index (χ3n) is 4.14. The van der Waals surface area contributed by atoms with Gasteiger partial charge in [-0.2, -0.15) is 0 Å². The van der Waals surface area contributed by atoms with E-state index in [0.717, 1.165) is 24.1 Å². The highest BCUT2D eigenvalue weighted by Gasteiger charge is 2.24. The van der Waals surface area contributed by atoms with Crippen molar-refractivity contribution in [3.05, 3.63) is 23.5 Å². The Labute approximate surface area is 111 Å². The molecule has 0 radical (unpaired) electrons. The van der Waals surface area contributed by atoms with Crippen LogP contribution in [-0.2, 0) is 6.54 Å². The Morgan fingerprint density at radius 3 is 2.83 bits per heavy atom. The van der Waals surface area contributed by atoms with Crippen molar-refractivity contribution >= 4 is 5.69 Å². The molecule has 2 unspecified atom stereocenters. The molecule has 1 fully saturated rings. The van der Waals surface area contributed by atoms with Crippen molar-refractivity contribution in [2.45, 2.75) is 33.7 Å².